The van der Waals surface area contributed by atoms with Crippen LogP contribution in [0.2, 0.25) is 0 Å². The normalized spacial score (nSPS) is 16.4. The molecular formula is C16H23N3S. The topological polar surface area (TPSA) is 29.9 Å². The Labute approximate surface area is 125 Å². The number of thiophene rings is 1. The highest BCUT2D eigenvalue weighted by atomic mass is 32.1. The Kier molecular flexibility index (Phi) is 4.41. The summed E-state index contributed by atoms with van der Waals surface area (Å²) in [5.41, 5.74) is 2.53. The van der Waals surface area contributed by atoms with E-state index in [9.17, 15) is 0 Å². The Hall–Kier alpha value is -1.29. The minimum atomic E-state index is 0.647. The largest absolute Gasteiger partial charge is 0.355 e. The van der Waals surface area contributed by atoms with E-state index in [1.807, 2.05) is 0 Å². The van der Waals surface area contributed by atoms with Gasteiger partial charge < -0.3 is 9.88 Å². The van der Waals surface area contributed by atoms with Crippen LogP contribution in [0.5, 0.6) is 0 Å². The number of nitrogens with one attached hydrogen (secondary N) is 1. The molecule has 0 saturated heterocycles. The van der Waals surface area contributed by atoms with Gasteiger partial charge >= 0.3 is 0 Å². The quantitative estimate of drug-likeness (QED) is 0.883. The summed E-state index contributed by atoms with van der Waals surface area (Å²) in [4.78, 5) is 4.66. The molecule has 0 amide bonds. The standard InChI is InChI=1S/C16H23N3S/c1-13-11-19(15-5-3-2-4-6-15)16(18-13)17-9-7-14-8-10-20-12-14/h8,10-12,15H,2-7,9H2,1H3,(H,17,18). The third-order valence-corrected chi connectivity index (χ3v) is 4.83. The van der Waals surface area contributed by atoms with E-state index in [-0.39, 0.29) is 0 Å². The van der Waals surface area contributed by atoms with Gasteiger partial charge in [-0.15, -0.1) is 0 Å². The SMILES string of the molecule is Cc1cn(C2CCCCC2)c(NCCc2ccsc2)n1. The van der Waals surface area contributed by atoms with E-state index < -0.39 is 0 Å². The van der Waals surface area contributed by atoms with E-state index in [4.69, 9.17) is 0 Å². The second-order valence-corrected chi connectivity index (χ2v) is 6.49. The van der Waals surface area contributed by atoms with Crippen LogP contribution in [-0.2, 0) is 6.42 Å². The zero-order valence-electron chi connectivity index (χ0n) is 12.1. The third kappa shape index (κ3) is 3.23. The first-order valence-corrected chi connectivity index (χ1v) is 8.57. The molecule has 0 unspecified atom stereocenters. The Bertz CT molecular complexity index is 524. The lowest BCUT2D eigenvalue weighted by Crippen LogP contribution is -2.16. The molecule has 2 heterocycles. The molecule has 2 aromatic rings. The van der Waals surface area contributed by atoms with E-state index in [0.717, 1.165) is 24.6 Å². The van der Waals surface area contributed by atoms with Crippen molar-refractivity contribution in [3.05, 3.63) is 34.3 Å². The minimum absolute atomic E-state index is 0.647. The highest BCUT2D eigenvalue weighted by Gasteiger charge is 2.18. The molecule has 108 valence electrons. The number of hydrogen-bond donors (Lipinski definition) is 1. The van der Waals surface area contributed by atoms with Crippen molar-refractivity contribution in [3.63, 3.8) is 0 Å². The molecule has 1 aliphatic carbocycles. The summed E-state index contributed by atoms with van der Waals surface area (Å²) in [5, 5.41) is 7.89. The van der Waals surface area contributed by atoms with Crippen LogP contribution in [0.4, 0.5) is 5.95 Å². The van der Waals surface area contributed by atoms with E-state index in [1.54, 1.807) is 11.3 Å². The lowest BCUT2D eigenvalue weighted by Gasteiger charge is -2.24. The predicted octanol–water partition coefficient (Wildman–Crippen LogP) is 4.41. The van der Waals surface area contributed by atoms with Crippen LogP contribution in [0.15, 0.2) is 23.0 Å². The fraction of sp³-hybridized carbons (Fsp3) is 0.562. The third-order valence-electron chi connectivity index (χ3n) is 4.10. The van der Waals surface area contributed by atoms with Gasteiger partial charge in [-0.25, -0.2) is 4.98 Å². The van der Waals surface area contributed by atoms with Crippen molar-refractivity contribution in [1.82, 2.24) is 9.55 Å². The van der Waals surface area contributed by atoms with Crippen molar-refractivity contribution in [2.45, 2.75) is 51.5 Å². The number of hydrogen-bond acceptors (Lipinski definition) is 3. The van der Waals surface area contributed by atoms with Crippen LogP contribution < -0.4 is 5.32 Å². The summed E-state index contributed by atoms with van der Waals surface area (Å²) in [6, 6.07) is 2.85. The van der Waals surface area contributed by atoms with Gasteiger partial charge in [0.1, 0.15) is 0 Å². The smallest absolute Gasteiger partial charge is 0.203 e. The Morgan fingerprint density at radius 2 is 2.20 bits per heavy atom. The first-order chi connectivity index (χ1) is 9.83. The maximum absolute atomic E-state index is 4.66. The number of imidazole rings is 1. The van der Waals surface area contributed by atoms with Crippen LogP contribution in [0, 0.1) is 6.92 Å². The van der Waals surface area contributed by atoms with Gasteiger partial charge in [0.05, 0.1) is 5.69 Å². The molecule has 0 bridgehead atoms. The molecule has 1 aliphatic rings. The zero-order chi connectivity index (χ0) is 13.8. The van der Waals surface area contributed by atoms with E-state index >= 15 is 0 Å². The molecule has 20 heavy (non-hydrogen) atoms. The molecular weight excluding hydrogens is 266 g/mol. The van der Waals surface area contributed by atoms with Crippen LogP contribution in [-0.4, -0.2) is 16.1 Å². The molecule has 0 atom stereocenters. The van der Waals surface area contributed by atoms with Crippen molar-refractivity contribution < 1.29 is 0 Å². The maximum atomic E-state index is 4.66. The van der Waals surface area contributed by atoms with E-state index in [0.29, 0.717) is 6.04 Å². The second-order valence-electron chi connectivity index (χ2n) is 5.71. The first-order valence-electron chi connectivity index (χ1n) is 7.63. The van der Waals surface area contributed by atoms with Gasteiger partial charge in [0.15, 0.2) is 0 Å². The van der Waals surface area contributed by atoms with Crippen molar-refractivity contribution >= 4 is 17.3 Å². The van der Waals surface area contributed by atoms with Crippen molar-refractivity contribution in [3.8, 4) is 0 Å². The Morgan fingerprint density at radius 3 is 2.95 bits per heavy atom. The number of aryl methyl sites for hydroxylation is 1. The highest BCUT2D eigenvalue weighted by Crippen LogP contribution is 2.30. The molecule has 0 spiro atoms. The van der Waals surface area contributed by atoms with Crippen LogP contribution >= 0.6 is 11.3 Å². The van der Waals surface area contributed by atoms with Gasteiger partial charge in [-0.05, 0) is 48.6 Å². The number of rotatable bonds is 5. The average molecular weight is 289 g/mol. The van der Waals surface area contributed by atoms with Gasteiger partial charge in [0, 0.05) is 18.8 Å². The summed E-state index contributed by atoms with van der Waals surface area (Å²) in [6.45, 7) is 3.04. The van der Waals surface area contributed by atoms with Gasteiger partial charge in [-0.2, -0.15) is 11.3 Å². The minimum Gasteiger partial charge on any atom is -0.355 e. The summed E-state index contributed by atoms with van der Waals surface area (Å²) in [6.07, 6.45) is 9.99. The molecule has 1 saturated carbocycles. The monoisotopic (exact) mass is 289 g/mol. The molecule has 0 aliphatic heterocycles. The van der Waals surface area contributed by atoms with E-state index in [1.165, 1.54) is 37.7 Å². The molecule has 0 radical (unpaired) electrons. The Morgan fingerprint density at radius 1 is 1.35 bits per heavy atom. The lowest BCUT2D eigenvalue weighted by molar-refractivity contribution is 0.355. The van der Waals surface area contributed by atoms with Gasteiger partial charge in [-0.3, -0.25) is 0 Å². The van der Waals surface area contributed by atoms with Crippen LogP contribution in [0.25, 0.3) is 0 Å². The Balaban J connectivity index is 1.63. The van der Waals surface area contributed by atoms with Gasteiger partial charge in [0.25, 0.3) is 0 Å². The molecule has 1 fully saturated rings. The van der Waals surface area contributed by atoms with Crippen LogP contribution in [0.3, 0.4) is 0 Å². The van der Waals surface area contributed by atoms with Crippen molar-refractivity contribution in [2.75, 3.05) is 11.9 Å². The molecule has 0 aromatic carbocycles. The highest BCUT2D eigenvalue weighted by molar-refractivity contribution is 7.07. The molecule has 1 N–H and O–H groups in total. The summed E-state index contributed by atoms with van der Waals surface area (Å²) < 4.78 is 2.38. The number of nitrogens with zero attached hydrogens (tertiary/aromatic N) is 2. The average Bonchev–Trinajstić information content (AvgIpc) is 3.10. The predicted molar refractivity (Wildman–Crippen MR) is 85.6 cm³/mol. The van der Waals surface area contributed by atoms with Crippen molar-refractivity contribution in [2.24, 2.45) is 0 Å². The first kappa shape index (κ1) is 13.7. The van der Waals surface area contributed by atoms with Gasteiger partial charge in [0.2, 0.25) is 5.95 Å². The summed E-state index contributed by atoms with van der Waals surface area (Å²) >= 11 is 1.77. The molecule has 4 heteroatoms. The zero-order valence-corrected chi connectivity index (χ0v) is 13.0. The fourth-order valence-electron chi connectivity index (χ4n) is 3.04. The van der Waals surface area contributed by atoms with Gasteiger partial charge in [-0.1, -0.05) is 19.3 Å². The number of aromatic nitrogens is 2. The van der Waals surface area contributed by atoms with Crippen molar-refractivity contribution in [1.29, 1.82) is 0 Å². The molecule has 3 nitrogen and oxygen atoms in total. The van der Waals surface area contributed by atoms with E-state index in [2.05, 4.69) is 44.8 Å². The van der Waals surface area contributed by atoms with Crippen LogP contribution in [0.1, 0.15) is 49.4 Å². The second kappa shape index (κ2) is 6.44. The summed E-state index contributed by atoms with van der Waals surface area (Å²) in [7, 11) is 0. The molecule has 2 aromatic heterocycles. The maximum Gasteiger partial charge on any atom is 0.203 e. The molecule has 3 rings (SSSR count). The summed E-state index contributed by atoms with van der Waals surface area (Å²) in [5.74, 6) is 1.06. The number of anilines is 1. The fourth-order valence-corrected chi connectivity index (χ4v) is 3.74. The lowest BCUT2D eigenvalue weighted by atomic mass is 9.95.